The van der Waals surface area contributed by atoms with Crippen LogP contribution in [0.25, 0.3) is 0 Å². The summed E-state index contributed by atoms with van der Waals surface area (Å²) in [6.45, 7) is 3.35. The van der Waals surface area contributed by atoms with E-state index in [1.54, 1.807) is 7.05 Å². The summed E-state index contributed by atoms with van der Waals surface area (Å²) in [4.78, 5) is 11.0. The molecule has 2 N–H and O–H groups in total. The second kappa shape index (κ2) is 2.57. The van der Waals surface area contributed by atoms with E-state index in [4.69, 9.17) is 5.73 Å². The maximum absolute atomic E-state index is 11.0. The molecule has 1 aromatic rings. The molecule has 0 amide bonds. The van der Waals surface area contributed by atoms with E-state index in [1.807, 2.05) is 0 Å². The lowest BCUT2D eigenvalue weighted by molar-refractivity contribution is 0.104. The minimum Gasteiger partial charge on any atom is -0.383 e. The third-order valence-corrected chi connectivity index (χ3v) is 1.44. The summed E-state index contributed by atoms with van der Waals surface area (Å²) in [5.74, 6) is 0.172. The van der Waals surface area contributed by atoms with Crippen LogP contribution in [0.2, 0.25) is 0 Å². The van der Waals surface area contributed by atoms with Crippen LogP contribution in [0, 0.1) is 0 Å². The molecule has 0 radical (unpaired) electrons. The molecular weight excluding hydrogens is 142 g/mol. The number of allylic oxidation sites excluding steroid dienone is 1. The summed E-state index contributed by atoms with van der Waals surface area (Å²) in [5, 5.41) is 3.81. The zero-order valence-electron chi connectivity index (χ0n) is 6.24. The Kier molecular flexibility index (Phi) is 1.76. The van der Waals surface area contributed by atoms with Gasteiger partial charge < -0.3 is 5.73 Å². The Hall–Kier alpha value is -1.58. The number of rotatable bonds is 2. The van der Waals surface area contributed by atoms with Crippen molar-refractivity contribution in [1.29, 1.82) is 0 Å². The van der Waals surface area contributed by atoms with E-state index in [-0.39, 0.29) is 5.78 Å². The SMILES string of the molecule is C=CC(=O)c1cnn(C)c1N. The predicted octanol–water partition coefficient (Wildman–Crippen LogP) is 0.371. The van der Waals surface area contributed by atoms with Gasteiger partial charge in [0.25, 0.3) is 0 Å². The van der Waals surface area contributed by atoms with Crippen LogP contribution in [-0.2, 0) is 7.05 Å². The second-order valence-corrected chi connectivity index (χ2v) is 2.14. The molecule has 0 saturated heterocycles. The van der Waals surface area contributed by atoms with Gasteiger partial charge in [-0.15, -0.1) is 0 Å². The van der Waals surface area contributed by atoms with Gasteiger partial charge in [0, 0.05) is 7.05 Å². The van der Waals surface area contributed by atoms with E-state index in [0.717, 1.165) is 0 Å². The highest BCUT2D eigenvalue weighted by Crippen LogP contribution is 2.09. The van der Waals surface area contributed by atoms with Crippen LogP contribution in [0.15, 0.2) is 18.9 Å². The van der Waals surface area contributed by atoms with Gasteiger partial charge >= 0.3 is 0 Å². The molecule has 0 aliphatic rings. The molecule has 0 aliphatic carbocycles. The third kappa shape index (κ3) is 1.14. The summed E-state index contributed by atoms with van der Waals surface area (Å²) >= 11 is 0. The first-order chi connectivity index (χ1) is 5.16. The van der Waals surface area contributed by atoms with Crippen LogP contribution in [0.4, 0.5) is 5.82 Å². The molecule has 0 bridgehead atoms. The smallest absolute Gasteiger partial charge is 0.190 e. The Morgan fingerprint density at radius 1 is 1.91 bits per heavy atom. The number of anilines is 1. The summed E-state index contributed by atoms with van der Waals surface area (Å²) in [6, 6.07) is 0. The standard InChI is InChI=1S/C7H9N3O/c1-3-6(11)5-4-9-10(2)7(5)8/h3-4H,1,8H2,2H3. The maximum Gasteiger partial charge on any atom is 0.190 e. The van der Waals surface area contributed by atoms with Crippen molar-refractivity contribution in [2.45, 2.75) is 0 Å². The fourth-order valence-corrected chi connectivity index (χ4v) is 0.747. The number of carbonyl (C=O) groups is 1. The van der Waals surface area contributed by atoms with Crippen molar-refractivity contribution in [3.63, 3.8) is 0 Å². The molecule has 0 saturated carbocycles. The van der Waals surface area contributed by atoms with Crippen molar-refractivity contribution in [1.82, 2.24) is 9.78 Å². The first-order valence-corrected chi connectivity index (χ1v) is 3.11. The molecule has 4 heteroatoms. The van der Waals surface area contributed by atoms with Gasteiger partial charge in [-0.1, -0.05) is 6.58 Å². The van der Waals surface area contributed by atoms with Gasteiger partial charge in [-0.25, -0.2) is 0 Å². The summed E-state index contributed by atoms with van der Waals surface area (Å²) < 4.78 is 1.44. The number of aryl methyl sites for hydroxylation is 1. The average Bonchev–Trinajstić information content (AvgIpc) is 2.32. The molecule has 1 heterocycles. The van der Waals surface area contributed by atoms with Crippen LogP contribution < -0.4 is 5.73 Å². The van der Waals surface area contributed by atoms with Gasteiger partial charge in [0.15, 0.2) is 5.78 Å². The Bertz CT molecular complexity index is 301. The first kappa shape index (κ1) is 7.53. The molecule has 0 spiro atoms. The molecular formula is C7H9N3O. The minimum absolute atomic E-state index is 0.199. The summed E-state index contributed by atoms with van der Waals surface area (Å²) in [6.07, 6.45) is 2.65. The number of aromatic nitrogens is 2. The van der Waals surface area contributed by atoms with E-state index >= 15 is 0 Å². The van der Waals surface area contributed by atoms with Crippen LogP contribution in [0.5, 0.6) is 0 Å². The predicted molar refractivity (Wildman–Crippen MR) is 42.1 cm³/mol. The largest absolute Gasteiger partial charge is 0.383 e. The number of carbonyl (C=O) groups excluding carboxylic acids is 1. The van der Waals surface area contributed by atoms with Crippen LogP contribution in [0.1, 0.15) is 10.4 Å². The zero-order chi connectivity index (χ0) is 8.43. The lowest BCUT2D eigenvalue weighted by Gasteiger charge is -1.94. The number of nitrogen functional groups attached to an aromatic ring is 1. The highest BCUT2D eigenvalue weighted by molar-refractivity contribution is 6.07. The molecule has 0 atom stereocenters. The van der Waals surface area contributed by atoms with Crippen LogP contribution in [0.3, 0.4) is 0 Å². The molecule has 11 heavy (non-hydrogen) atoms. The topological polar surface area (TPSA) is 60.9 Å². The molecule has 1 aromatic heterocycles. The van der Waals surface area contributed by atoms with E-state index in [2.05, 4.69) is 11.7 Å². The number of hydrogen-bond acceptors (Lipinski definition) is 3. The van der Waals surface area contributed by atoms with E-state index < -0.39 is 0 Å². The van der Waals surface area contributed by atoms with Crippen LogP contribution >= 0.6 is 0 Å². The van der Waals surface area contributed by atoms with Gasteiger partial charge in [0.1, 0.15) is 5.82 Å². The Labute approximate surface area is 64.3 Å². The first-order valence-electron chi connectivity index (χ1n) is 3.11. The van der Waals surface area contributed by atoms with Gasteiger partial charge in [-0.2, -0.15) is 5.10 Å². The highest BCUT2D eigenvalue weighted by Gasteiger charge is 2.09. The fourth-order valence-electron chi connectivity index (χ4n) is 0.747. The van der Waals surface area contributed by atoms with Crippen LogP contribution in [-0.4, -0.2) is 15.6 Å². The second-order valence-electron chi connectivity index (χ2n) is 2.14. The third-order valence-electron chi connectivity index (χ3n) is 1.44. The number of nitrogens with two attached hydrogens (primary N) is 1. The van der Waals surface area contributed by atoms with E-state index in [9.17, 15) is 4.79 Å². The van der Waals surface area contributed by atoms with Gasteiger partial charge in [0.2, 0.25) is 0 Å². The molecule has 4 nitrogen and oxygen atoms in total. The minimum atomic E-state index is -0.199. The van der Waals surface area contributed by atoms with Crippen molar-refractivity contribution < 1.29 is 4.79 Å². The summed E-state index contributed by atoms with van der Waals surface area (Å²) in [7, 11) is 1.68. The maximum atomic E-state index is 11.0. The Balaban J connectivity index is 3.14. The zero-order valence-corrected chi connectivity index (χ0v) is 6.24. The monoisotopic (exact) mass is 151 g/mol. The van der Waals surface area contributed by atoms with Crippen molar-refractivity contribution in [2.75, 3.05) is 5.73 Å². The molecule has 0 aliphatic heterocycles. The molecule has 58 valence electrons. The molecule has 0 fully saturated rings. The van der Waals surface area contributed by atoms with Crippen molar-refractivity contribution in [2.24, 2.45) is 7.05 Å². The van der Waals surface area contributed by atoms with Gasteiger partial charge in [-0.05, 0) is 6.08 Å². The van der Waals surface area contributed by atoms with Gasteiger partial charge in [-0.3, -0.25) is 9.48 Å². The molecule has 1 rings (SSSR count). The van der Waals surface area contributed by atoms with Crippen molar-refractivity contribution in [3.8, 4) is 0 Å². The van der Waals surface area contributed by atoms with Crippen molar-refractivity contribution >= 4 is 11.6 Å². The normalized spacial score (nSPS) is 9.55. The van der Waals surface area contributed by atoms with Gasteiger partial charge in [0.05, 0.1) is 11.8 Å². The Morgan fingerprint density at radius 3 is 2.91 bits per heavy atom. The highest BCUT2D eigenvalue weighted by atomic mass is 16.1. The molecule has 0 unspecified atom stereocenters. The number of hydrogen-bond donors (Lipinski definition) is 1. The lowest BCUT2D eigenvalue weighted by Crippen LogP contribution is -2.02. The van der Waals surface area contributed by atoms with E-state index in [1.165, 1.54) is 17.0 Å². The van der Waals surface area contributed by atoms with E-state index in [0.29, 0.717) is 11.4 Å². The fraction of sp³-hybridized carbons (Fsp3) is 0.143. The summed E-state index contributed by atoms with van der Waals surface area (Å²) in [5.41, 5.74) is 5.92. The number of ketones is 1. The average molecular weight is 151 g/mol. The molecule has 0 aromatic carbocycles. The van der Waals surface area contributed by atoms with Crippen molar-refractivity contribution in [3.05, 3.63) is 24.4 Å². The Morgan fingerprint density at radius 2 is 2.55 bits per heavy atom. The lowest BCUT2D eigenvalue weighted by atomic mass is 10.2. The number of nitrogens with zero attached hydrogens (tertiary/aromatic N) is 2. The quantitative estimate of drug-likeness (QED) is 0.490.